The second kappa shape index (κ2) is 6.61. The number of rotatable bonds is 3. The monoisotopic (exact) mass is 350 g/mol. The molecule has 1 atom stereocenters. The van der Waals surface area contributed by atoms with Crippen LogP contribution in [-0.4, -0.2) is 16.9 Å². The lowest BCUT2D eigenvalue weighted by Crippen LogP contribution is -2.46. The minimum absolute atomic E-state index is 0.275. The quantitative estimate of drug-likeness (QED) is 0.792. The zero-order valence-corrected chi connectivity index (χ0v) is 14.2. The van der Waals surface area contributed by atoms with Crippen molar-refractivity contribution in [3.05, 3.63) is 70.7 Å². The molecule has 0 aliphatic carbocycles. The van der Waals surface area contributed by atoms with Crippen LogP contribution < -0.4 is 16.0 Å². The molecule has 3 amide bonds. The number of aromatic nitrogens is 1. The number of nitrogens with zero attached hydrogens (tertiary/aromatic N) is 1. The second-order valence-electron chi connectivity index (χ2n) is 6.28. The molecule has 0 saturated carbocycles. The lowest BCUT2D eigenvalue weighted by atomic mass is 9.92. The van der Waals surface area contributed by atoms with E-state index in [2.05, 4.69) is 20.9 Å². The van der Waals surface area contributed by atoms with E-state index in [0.29, 0.717) is 30.2 Å². The molecule has 4 rings (SSSR count). The van der Waals surface area contributed by atoms with Crippen molar-refractivity contribution < 1.29 is 14.3 Å². The Morgan fingerprint density at radius 2 is 1.96 bits per heavy atom. The van der Waals surface area contributed by atoms with Crippen LogP contribution in [0.1, 0.15) is 29.7 Å². The number of ether oxygens (including phenoxy) is 1. The first-order valence-corrected chi connectivity index (χ1v) is 8.31. The van der Waals surface area contributed by atoms with Crippen molar-refractivity contribution >= 4 is 17.6 Å². The standard InChI is InChI=1S/C19H18N4O3/c1-11-16(18(24)22-15-4-6-20-7-5-15)17(23-19(25)21-11)12-2-3-13-9-26-10-14(13)8-12/h2-8,17H,9-10H2,1H3,(H,20,22,24)(H2,21,23,25). The molecular weight excluding hydrogens is 332 g/mol. The van der Waals surface area contributed by atoms with Gasteiger partial charge in [0.15, 0.2) is 0 Å². The van der Waals surface area contributed by atoms with Crippen LogP contribution in [0, 0.1) is 0 Å². The highest BCUT2D eigenvalue weighted by Crippen LogP contribution is 2.31. The van der Waals surface area contributed by atoms with Crippen molar-refractivity contribution in [1.82, 2.24) is 15.6 Å². The Kier molecular flexibility index (Phi) is 4.14. The lowest BCUT2D eigenvalue weighted by Gasteiger charge is -2.29. The Balaban J connectivity index is 1.68. The van der Waals surface area contributed by atoms with Gasteiger partial charge in [-0.15, -0.1) is 0 Å². The summed E-state index contributed by atoms with van der Waals surface area (Å²) in [6, 6.07) is 8.47. The summed E-state index contributed by atoms with van der Waals surface area (Å²) in [5.41, 5.74) is 4.72. The molecule has 0 spiro atoms. The minimum atomic E-state index is -0.531. The van der Waals surface area contributed by atoms with E-state index in [1.807, 2.05) is 18.2 Å². The highest BCUT2D eigenvalue weighted by Gasteiger charge is 2.31. The van der Waals surface area contributed by atoms with Gasteiger partial charge in [-0.1, -0.05) is 18.2 Å². The Bertz CT molecular complexity index is 908. The number of carbonyl (C=O) groups excluding carboxylic acids is 2. The highest BCUT2D eigenvalue weighted by atomic mass is 16.5. The Hall–Kier alpha value is -3.19. The number of hydrogen-bond acceptors (Lipinski definition) is 4. The van der Waals surface area contributed by atoms with Crippen molar-refractivity contribution in [3.8, 4) is 0 Å². The molecule has 1 unspecified atom stereocenters. The Morgan fingerprint density at radius 1 is 1.19 bits per heavy atom. The van der Waals surface area contributed by atoms with Gasteiger partial charge >= 0.3 is 6.03 Å². The summed E-state index contributed by atoms with van der Waals surface area (Å²) in [5, 5.41) is 8.39. The first kappa shape index (κ1) is 16.3. The van der Waals surface area contributed by atoms with E-state index in [1.165, 1.54) is 0 Å². The van der Waals surface area contributed by atoms with E-state index in [4.69, 9.17) is 4.74 Å². The van der Waals surface area contributed by atoms with Crippen LogP contribution >= 0.6 is 0 Å². The van der Waals surface area contributed by atoms with Gasteiger partial charge in [0.05, 0.1) is 24.8 Å². The van der Waals surface area contributed by atoms with Crippen LogP contribution in [-0.2, 0) is 22.7 Å². The number of hydrogen-bond donors (Lipinski definition) is 3. The smallest absolute Gasteiger partial charge is 0.319 e. The number of pyridine rings is 1. The number of carbonyl (C=O) groups is 2. The summed E-state index contributed by atoms with van der Waals surface area (Å²) in [6.45, 7) is 2.87. The summed E-state index contributed by atoms with van der Waals surface area (Å²) >= 11 is 0. The zero-order chi connectivity index (χ0) is 18.1. The fraction of sp³-hybridized carbons (Fsp3) is 0.211. The maximum absolute atomic E-state index is 12.9. The van der Waals surface area contributed by atoms with Gasteiger partial charge in [0.25, 0.3) is 5.91 Å². The predicted octanol–water partition coefficient (Wildman–Crippen LogP) is 2.38. The van der Waals surface area contributed by atoms with Gasteiger partial charge in [-0.25, -0.2) is 4.79 Å². The molecule has 3 heterocycles. The van der Waals surface area contributed by atoms with Gasteiger partial charge in [-0.2, -0.15) is 0 Å². The third-order valence-electron chi connectivity index (χ3n) is 4.53. The molecule has 2 aliphatic heterocycles. The van der Waals surface area contributed by atoms with Crippen molar-refractivity contribution in [2.75, 3.05) is 5.32 Å². The summed E-state index contributed by atoms with van der Waals surface area (Å²) in [5.74, 6) is -0.275. The van der Waals surface area contributed by atoms with Gasteiger partial charge in [0, 0.05) is 23.8 Å². The summed E-state index contributed by atoms with van der Waals surface area (Å²) < 4.78 is 5.46. The van der Waals surface area contributed by atoms with Crippen LogP contribution in [0.15, 0.2) is 54.0 Å². The number of nitrogens with one attached hydrogen (secondary N) is 3. The van der Waals surface area contributed by atoms with Crippen LogP contribution in [0.25, 0.3) is 0 Å². The van der Waals surface area contributed by atoms with Crippen molar-refractivity contribution in [3.63, 3.8) is 0 Å². The molecule has 132 valence electrons. The molecule has 2 aliphatic rings. The fourth-order valence-electron chi connectivity index (χ4n) is 3.25. The molecule has 1 aromatic carbocycles. The first-order valence-electron chi connectivity index (χ1n) is 8.31. The van der Waals surface area contributed by atoms with Gasteiger partial charge in [-0.05, 0) is 35.7 Å². The minimum Gasteiger partial charge on any atom is -0.372 e. The van der Waals surface area contributed by atoms with Gasteiger partial charge in [0.1, 0.15) is 0 Å². The third kappa shape index (κ3) is 3.04. The molecule has 0 bridgehead atoms. The predicted molar refractivity (Wildman–Crippen MR) is 94.9 cm³/mol. The molecule has 7 heteroatoms. The van der Waals surface area contributed by atoms with Crippen molar-refractivity contribution in [2.24, 2.45) is 0 Å². The normalized spacial score (nSPS) is 18.8. The van der Waals surface area contributed by atoms with Crippen LogP contribution in [0.4, 0.5) is 10.5 Å². The lowest BCUT2D eigenvalue weighted by molar-refractivity contribution is -0.113. The highest BCUT2D eigenvalue weighted by molar-refractivity contribution is 6.06. The molecule has 7 nitrogen and oxygen atoms in total. The molecule has 0 radical (unpaired) electrons. The van der Waals surface area contributed by atoms with Crippen LogP contribution in [0.5, 0.6) is 0 Å². The van der Waals surface area contributed by atoms with Gasteiger partial charge < -0.3 is 20.7 Å². The molecule has 1 aromatic heterocycles. The average molecular weight is 350 g/mol. The Labute approximate surface area is 150 Å². The molecule has 26 heavy (non-hydrogen) atoms. The van der Waals surface area contributed by atoms with E-state index in [0.717, 1.165) is 16.7 Å². The van der Waals surface area contributed by atoms with Crippen molar-refractivity contribution in [2.45, 2.75) is 26.2 Å². The second-order valence-corrected chi connectivity index (χ2v) is 6.28. The Morgan fingerprint density at radius 3 is 2.77 bits per heavy atom. The van der Waals surface area contributed by atoms with Gasteiger partial charge in [0.2, 0.25) is 0 Å². The number of amides is 3. The zero-order valence-electron chi connectivity index (χ0n) is 14.2. The molecule has 0 saturated heterocycles. The summed E-state index contributed by atoms with van der Waals surface area (Å²) in [4.78, 5) is 28.8. The van der Waals surface area contributed by atoms with Gasteiger partial charge in [-0.3, -0.25) is 9.78 Å². The summed E-state index contributed by atoms with van der Waals surface area (Å²) in [7, 11) is 0. The number of fused-ring (bicyclic) bond motifs is 1. The van der Waals surface area contributed by atoms with Crippen LogP contribution in [0.2, 0.25) is 0 Å². The van der Waals surface area contributed by atoms with Crippen LogP contribution in [0.3, 0.4) is 0 Å². The number of urea groups is 1. The number of benzene rings is 1. The van der Waals surface area contributed by atoms with E-state index in [1.54, 1.807) is 31.5 Å². The fourth-order valence-corrected chi connectivity index (χ4v) is 3.25. The first-order chi connectivity index (χ1) is 12.6. The molecule has 0 fully saturated rings. The van der Waals surface area contributed by atoms with E-state index < -0.39 is 6.04 Å². The maximum Gasteiger partial charge on any atom is 0.319 e. The largest absolute Gasteiger partial charge is 0.372 e. The topological polar surface area (TPSA) is 92.3 Å². The number of anilines is 1. The average Bonchev–Trinajstić information content (AvgIpc) is 3.09. The van der Waals surface area contributed by atoms with E-state index >= 15 is 0 Å². The van der Waals surface area contributed by atoms with E-state index in [-0.39, 0.29) is 11.9 Å². The third-order valence-corrected chi connectivity index (χ3v) is 4.53. The molecule has 3 N–H and O–H groups in total. The van der Waals surface area contributed by atoms with Crippen molar-refractivity contribution in [1.29, 1.82) is 0 Å². The SMILES string of the molecule is CC1=C(C(=O)Nc2ccncc2)C(c2ccc3c(c2)COC3)NC(=O)N1. The van der Waals surface area contributed by atoms with E-state index in [9.17, 15) is 9.59 Å². The molecular formula is C19H18N4O3. The summed E-state index contributed by atoms with van der Waals surface area (Å²) in [6.07, 6.45) is 3.21. The maximum atomic E-state index is 12.9. The molecule has 2 aromatic rings. The number of allylic oxidation sites excluding steroid dienone is 1.